The molecule has 1 amide bonds. The number of nitrogens with zero attached hydrogens (tertiary/aromatic N) is 1. The molecule has 136 valence electrons. The lowest BCUT2D eigenvalue weighted by Crippen LogP contribution is -2.21. The van der Waals surface area contributed by atoms with Gasteiger partial charge in [-0.1, -0.05) is 12.1 Å². The van der Waals surface area contributed by atoms with E-state index in [1.165, 1.54) is 26.0 Å². The van der Waals surface area contributed by atoms with E-state index in [9.17, 15) is 22.8 Å². The number of aromatic nitrogens is 1. The predicted octanol–water partition coefficient (Wildman–Crippen LogP) is 3.75. The minimum absolute atomic E-state index is 0.0366. The summed E-state index contributed by atoms with van der Waals surface area (Å²) in [7, 11) is 0. The Morgan fingerprint density at radius 1 is 1.27 bits per heavy atom. The Labute approximate surface area is 146 Å². The van der Waals surface area contributed by atoms with Crippen molar-refractivity contribution in [3.63, 3.8) is 0 Å². The van der Waals surface area contributed by atoms with Crippen LogP contribution in [0.15, 0.2) is 30.5 Å². The Kier molecular flexibility index (Phi) is 5.10. The number of carbonyl (C=O) groups excluding carboxylic acids is 1. The summed E-state index contributed by atoms with van der Waals surface area (Å²) in [5.74, 6) is -2.39. The van der Waals surface area contributed by atoms with Crippen molar-refractivity contribution in [2.24, 2.45) is 0 Å². The molecule has 0 aliphatic heterocycles. The van der Waals surface area contributed by atoms with E-state index in [1.807, 2.05) is 0 Å². The van der Waals surface area contributed by atoms with E-state index in [0.29, 0.717) is 0 Å². The number of carboxylic acid groups (broad SMARTS) is 1. The Balaban J connectivity index is 2.54. The molecule has 2 rings (SSSR count). The third-order valence-corrected chi connectivity index (χ3v) is 3.54. The topological polar surface area (TPSA) is 103 Å². The SMILES string of the molecule is CC(=N)c1ncc(C(=O)O)cc1NC(=O)c1c(C)cccc1C(F)(F)F. The van der Waals surface area contributed by atoms with Crippen LogP contribution in [-0.4, -0.2) is 27.7 Å². The summed E-state index contributed by atoms with van der Waals surface area (Å²) >= 11 is 0. The first-order chi connectivity index (χ1) is 12.0. The second-order valence-corrected chi connectivity index (χ2v) is 5.50. The van der Waals surface area contributed by atoms with Gasteiger partial charge in [-0.2, -0.15) is 13.2 Å². The quantitative estimate of drug-likeness (QED) is 0.718. The molecule has 2 aromatic rings. The van der Waals surface area contributed by atoms with Gasteiger partial charge in [-0.15, -0.1) is 0 Å². The average molecular weight is 365 g/mol. The van der Waals surface area contributed by atoms with E-state index >= 15 is 0 Å². The molecule has 9 heteroatoms. The lowest BCUT2D eigenvalue weighted by atomic mass is 10.0. The summed E-state index contributed by atoms with van der Waals surface area (Å²) in [6, 6.07) is 4.39. The van der Waals surface area contributed by atoms with Crippen molar-refractivity contribution >= 4 is 23.3 Å². The number of hydrogen-bond donors (Lipinski definition) is 3. The van der Waals surface area contributed by atoms with E-state index in [1.54, 1.807) is 0 Å². The normalized spacial score (nSPS) is 11.1. The number of aryl methyl sites for hydroxylation is 1. The molecule has 0 unspecified atom stereocenters. The number of hydrogen-bond acceptors (Lipinski definition) is 4. The van der Waals surface area contributed by atoms with Crippen LogP contribution in [0.1, 0.15) is 44.5 Å². The smallest absolute Gasteiger partial charge is 0.417 e. The highest BCUT2D eigenvalue weighted by Crippen LogP contribution is 2.33. The first-order valence-corrected chi connectivity index (χ1v) is 7.29. The van der Waals surface area contributed by atoms with E-state index in [0.717, 1.165) is 18.3 Å². The Morgan fingerprint density at radius 3 is 2.46 bits per heavy atom. The molecule has 0 bridgehead atoms. The lowest BCUT2D eigenvalue weighted by Gasteiger charge is -2.16. The fourth-order valence-electron chi connectivity index (χ4n) is 2.37. The standard InChI is InChI=1S/C17H14F3N3O3/c1-8-4-3-5-11(17(18,19)20)13(8)15(24)23-12-6-10(16(25)26)7-22-14(12)9(2)21/h3-7,21H,1-2H3,(H,23,24)(H,25,26). The highest BCUT2D eigenvalue weighted by Gasteiger charge is 2.36. The van der Waals surface area contributed by atoms with Gasteiger partial charge in [-0.05, 0) is 31.5 Å². The maximum atomic E-state index is 13.2. The van der Waals surface area contributed by atoms with E-state index in [-0.39, 0.29) is 28.2 Å². The van der Waals surface area contributed by atoms with Gasteiger partial charge in [0, 0.05) is 6.20 Å². The number of aromatic carboxylic acids is 1. The summed E-state index contributed by atoms with van der Waals surface area (Å²) in [5.41, 5.74) is -2.12. The van der Waals surface area contributed by atoms with Gasteiger partial charge in [0.25, 0.3) is 5.91 Å². The minimum Gasteiger partial charge on any atom is -0.478 e. The van der Waals surface area contributed by atoms with Crippen molar-refractivity contribution in [2.75, 3.05) is 5.32 Å². The molecule has 26 heavy (non-hydrogen) atoms. The molecule has 0 aliphatic carbocycles. The van der Waals surface area contributed by atoms with Crippen molar-refractivity contribution in [3.05, 3.63) is 58.4 Å². The number of alkyl halides is 3. The van der Waals surface area contributed by atoms with Crippen molar-refractivity contribution in [1.82, 2.24) is 4.98 Å². The number of carbonyl (C=O) groups is 2. The van der Waals surface area contributed by atoms with Crippen LogP contribution in [0.3, 0.4) is 0 Å². The minimum atomic E-state index is -4.74. The van der Waals surface area contributed by atoms with Crippen LogP contribution >= 0.6 is 0 Å². The number of nitrogens with one attached hydrogen (secondary N) is 2. The second-order valence-electron chi connectivity index (χ2n) is 5.50. The number of rotatable bonds is 4. The predicted molar refractivity (Wildman–Crippen MR) is 87.8 cm³/mol. The van der Waals surface area contributed by atoms with Crippen LogP contribution < -0.4 is 5.32 Å². The zero-order valence-electron chi connectivity index (χ0n) is 13.7. The van der Waals surface area contributed by atoms with E-state index < -0.39 is 29.2 Å². The zero-order valence-corrected chi connectivity index (χ0v) is 13.7. The number of halogens is 3. The molecular formula is C17H14F3N3O3. The van der Waals surface area contributed by atoms with Crippen molar-refractivity contribution in [1.29, 1.82) is 5.41 Å². The van der Waals surface area contributed by atoms with Crippen molar-refractivity contribution in [2.45, 2.75) is 20.0 Å². The molecule has 0 spiro atoms. The van der Waals surface area contributed by atoms with Gasteiger partial charge < -0.3 is 15.8 Å². The third-order valence-electron chi connectivity index (χ3n) is 3.54. The van der Waals surface area contributed by atoms with Crippen molar-refractivity contribution < 1.29 is 27.9 Å². The average Bonchev–Trinajstić information content (AvgIpc) is 2.53. The van der Waals surface area contributed by atoms with Crippen LogP contribution in [0.4, 0.5) is 18.9 Å². The van der Waals surface area contributed by atoms with Crippen LogP contribution in [0.2, 0.25) is 0 Å². The largest absolute Gasteiger partial charge is 0.478 e. The monoisotopic (exact) mass is 365 g/mol. The van der Waals surface area contributed by atoms with Crippen LogP contribution in [0, 0.1) is 12.3 Å². The van der Waals surface area contributed by atoms with Gasteiger partial charge >= 0.3 is 12.1 Å². The van der Waals surface area contributed by atoms with Gasteiger partial charge in [-0.3, -0.25) is 9.78 Å². The molecule has 1 aromatic heterocycles. The van der Waals surface area contributed by atoms with Crippen LogP contribution in [0.25, 0.3) is 0 Å². The molecule has 0 atom stereocenters. The molecule has 3 N–H and O–H groups in total. The van der Waals surface area contributed by atoms with E-state index in [2.05, 4.69) is 10.3 Å². The van der Waals surface area contributed by atoms with Crippen molar-refractivity contribution in [3.8, 4) is 0 Å². The number of anilines is 1. The molecule has 0 saturated heterocycles. The third kappa shape index (κ3) is 3.88. The molecule has 0 radical (unpaired) electrons. The first-order valence-electron chi connectivity index (χ1n) is 7.29. The second kappa shape index (κ2) is 6.95. The highest BCUT2D eigenvalue weighted by atomic mass is 19.4. The Morgan fingerprint density at radius 2 is 1.92 bits per heavy atom. The first kappa shape index (κ1) is 19.1. The maximum absolute atomic E-state index is 13.2. The highest BCUT2D eigenvalue weighted by molar-refractivity contribution is 6.10. The van der Waals surface area contributed by atoms with Gasteiger partial charge in [0.2, 0.25) is 0 Å². The summed E-state index contributed by atoms with van der Waals surface area (Å²) in [6.07, 6.45) is -3.74. The molecule has 0 fully saturated rings. The molecule has 0 aliphatic rings. The Hall–Kier alpha value is -3.23. The number of benzene rings is 1. The molecule has 1 aromatic carbocycles. The molecular weight excluding hydrogens is 351 g/mol. The number of pyridine rings is 1. The van der Waals surface area contributed by atoms with Gasteiger partial charge in [0.15, 0.2) is 0 Å². The zero-order chi connectivity index (χ0) is 19.6. The Bertz CT molecular complexity index is 908. The van der Waals surface area contributed by atoms with Gasteiger partial charge in [0.1, 0.15) is 5.69 Å². The van der Waals surface area contributed by atoms with E-state index in [4.69, 9.17) is 10.5 Å². The van der Waals surface area contributed by atoms with Crippen LogP contribution in [-0.2, 0) is 6.18 Å². The number of carboxylic acids is 1. The maximum Gasteiger partial charge on any atom is 0.417 e. The molecule has 6 nitrogen and oxygen atoms in total. The molecule has 0 saturated carbocycles. The number of amides is 1. The fourth-order valence-corrected chi connectivity index (χ4v) is 2.37. The van der Waals surface area contributed by atoms with Crippen LogP contribution in [0.5, 0.6) is 0 Å². The fraction of sp³-hybridized carbons (Fsp3) is 0.176. The molecule has 1 heterocycles. The summed E-state index contributed by atoms with van der Waals surface area (Å²) in [4.78, 5) is 27.4. The van der Waals surface area contributed by atoms with Gasteiger partial charge in [-0.25, -0.2) is 4.79 Å². The van der Waals surface area contributed by atoms with Gasteiger partial charge in [0.05, 0.1) is 28.1 Å². The summed E-state index contributed by atoms with van der Waals surface area (Å²) < 4.78 is 39.6. The lowest BCUT2D eigenvalue weighted by molar-refractivity contribution is -0.137. The summed E-state index contributed by atoms with van der Waals surface area (Å²) in [6.45, 7) is 2.71. The summed E-state index contributed by atoms with van der Waals surface area (Å²) in [5, 5.41) is 18.9.